The fourth-order valence-corrected chi connectivity index (χ4v) is 4.19. The highest BCUT2D eigenvalue weighted by Gasteiger charge is 2.33. The number of benzene rings is 1. The van der Waals surface area contributed by atoms with Crippen LogP contribution in [-0.4, -0.2) is 25.0 Å². The summed E-state index contributed by atoms with van der Waals surface area (Å²) in [6, 6.07) is 10.5. The number of anilines is 2. The van der Waals surface area contributed by atoms with Crippen molar-refractivity contribution in [3.8, 4) is 0 Å². The van der Waals surface area contributed by atoms with Crippen LogP contribution in [-0.2, 0) is 24.6 Å². The molecular weight excluding hydrogens is 459 g/mol. The van der Waals surface area contributed by atoms with Crippen molar-refractivity contribution in [1.82, 2.24) is 19.1 Å². The molecule has 0 spiro atoms. The van der Waals surface area contributed by atoms with Gasteiger partial charge in [0.1, 0.15) is 11.3 Å². The zero-order valence-electron chi connectivity index (χ0n) is 17.3. The van der Waals surface area contributed by atoms with Crippen LogP contribution in [0.3, 0.4) is 0 Å². The number of hydrogen-bond acceptors (Lipinski definition) is 6. The summed E-state index contributed by atoms with van der Waals surface area (Å²) < 4.78 is 40.7. The van der Waals surface area contributed by atoms with E-state index in [4.69, 9.17) is 0 Å². The highest BCUT2D eigenvalue weighted by Crippen LogP contribution is 2.29. The fraction of sp³-hybridized carbons (Fsp3) is 0.190. The third-order valence-corrected chi connectivity index (χ3v) is 5.73. The van der Waals surface area contributed by atoms with Gasteiger partial charge in [-0.2, -0.15) is 13.2 Å². The fourth-order valence-electron chi connectivity index (χ4n) is 3.31. The minimum absolute atomic E-state index is 0.129. The molecule has 8 nitrogen and oxygen atoms in total. The predicted octanol–water partition coefficient (Wildman–Crippen LogP) is 3.30. The third-order valence-electron chi connectivity index (χ3n) is 4.86. The van der Waals surface area contributed by atoms with Crippen LogP contribution in [0.25, 0.3) is 11.0 Å². The number of rotatable bonds is 4. The second-order valence-corrected chi connectivity index (χ2v) is 7.95. The van der Waals surface area contributed by atoms with Crippen LogP contribution in [0.15, 0.2) is 57.4 Å². The van der Waals surface area contributed by atoms with Crippen molar-refractivity contribution in [2.45, 2.75) is 19.6 Å². The first-order valence-corrected chi connectivity index (χ1v) is 10.4. The Kier molecular flexibility index (Phi) is 5.62. The lowest BCUT2D eigenvalue weighted by Crippen LogP contribution is -2.40. The van der Waals surface area contributed by atoms with Crippen LogP contribution in [0.4, 0.5) is 24.0 Å². The van der Waals surface area contributed by atoms with Gasteiger partial charge in [-0.3, -0.25) is 23.6 Å². The van der Waals surface area contributed by atoms with Crippen molar-refractivity contribution >= 4 is 39.1 Å². The van der Waals surface area contributed by atoms with Crippen LogP contribution in [0.5, 0.6) is 0 Å². The number of fused-ring (bicyclic) bond motifs is 1. The molecule has 0 saturated heterocycles. The molecule has 0 saturated carbocycles. The molecule has 0 atom stereocenters. The quantitative estimate of drug-likeness (QED) is 0.452. The first-order chi connectivity index (χ1) is 15.6. The summed E-state index contributed by atoms with van der Waals surface area (Å²) >= 11 is 1.16. The van der Waals surface area contributed by atoms with E-state index in [2.05, 4.69) is 9.97 Å². The van der Waals surface area contributed by atoms with E-state index in [1.807, 2.05) is 6.07 Å². The van der Waals surface area contributed by atoms with Gasteiger partial charge in [-0.05, 0) is 24.3 Å². The largest absolute Gasteiger partial charge is 0.433 e. The van der Waals surface area contributed by atoms with Crippen LogP contribution >= 0.6 is 11.3 Å². The summed E-state index contributed by atoms with van der Waals surface area (Å²) in [5.41, 5.74) is -2.22. The SMILES string of the molecule is CC(=O)N(c1ccccc1)c1nc(Cn2c(=O)c3ccc(C(F)(F)F)nc3n(C)c2=O)cs1. The molecule has 0 N–H and O–H groups in total. The van der Waals surface area contributed by atoms with Gasteiger partial charge in [-0.25, -0.2) is 14.8 Å². The Morgan fingerprint density at radius 1 is 1.09 bits per heavy atom. The van der Waals surface area contributed by atoms with Crippen LogP contribution in [0, 0.1) is 0 Å². The van der Waals surface area contributed by atoms with Gasteiger partial charge in [0.15, 0.2) is 5.13 Å². The number of thiazole rings is 1. The summed E-state index contributed by atoms with van der Waals surface area (Å²) in [7, 11) is 1.24. The summed E-state index contributed by atoms with van der Waals surface area (Å²) in [5, 5.41) is 1.83. The number of para-hydroxylation sites is 1. The molecule has 3 aromatic heterocycles. The van der Waals surface area contributed by atoms with Crippen molar-refractivity contribution in [3.63, 3.8) is 0 Å². The van der Waals surface area contributed by atoms with Gasteiger partial charge in [-0.15, -0.1) is 11.3 Å². The topological polar surface area (TPSA) is 90.1 Å². The summed E-state index contributed by atoms with van der Waals surface area (Å²) in [4.78, 5) is 47.1. The van der Waals surface area contributed by atoms with E-state index in [1.165, 1.54) is 18.9 Å². The summed E-state index contributed by atoms with van der Waals surface area (Å²) in [6.45, 7) is 1.17. The Hall–Kier alpha value is -3.80. The van der Waals surface area contributed by atoms with E-state index in [0.717, 1.165) is 26.5 Å². The van der Waals surface area contributed by atoms with Crippen LogP contribution < -0.4 is 16.1 Å². The number of carbonyl (C=O) groups excluding carboxylic acids is 1. The molecule has 0 radical (unpaired) electrons. The lowest BCUT2D eigenvalue weighted by molar-refractivity contribution is -0.141. The molecule has 3 heterocycles. The number of halogens is 3. The van der Waals surface area contributed by atoms with Gasteiger partial charge in [0.05, 0.1) is 23.3 Å². The van der Waals surface area contributed by atoms with Gasteiger partial charge in [0.2, 0.25) is 5.91 Å². The molecule has 0 aliphatic rings. The number of hydrogen-bond donors (Lipinski definition) is 0. The van der Waals surface area contributed by atoms with Crippen molar-refractivity contribution in [2.75, 3.05) is 4.90 Å². The molecule has 0 aliphatic heterocycles. The Bertz CT molecular complexity index is 1470. The first kappa shape index (κ1) is 22.4. The molecule has 33 heavy (non-hydrogen) atoms. The van der Waals surface area contributed by atoms with E-state index in [1.54, 1.807) is 29.6 Å². The zero-order valence-corrected chi connectivity index (χ0v) is 18.1. The maximum absolute atomic E-state index is 13.0. The number of alkyl halides is 3. The molecule has 12 heteroatoms. The second kappa shape index (κ2) is 8.28. The van der Waals surface area contributed by atoms with Gasteiger partial charge >= 0.3 is 11.9 Å². The van der Waals surface area contributed by atoms with E-state index < -0.39 is 23.1 Å². The van der Waals surface area contributed by atoms with Crippen LogP contribution in [0.1, 0.15) is 18.3 Å². The number of aromatic nitrogens is 4. The number of nitrogens with zero attached hydrogens (tertiary/aromatic N) is 5. The van der Waals surface area contributed by atoms with E-state index >= 15 is 0 Å². The zero-order chi connectivity index (χ0) is 23.9. The van der Waals surface area contributed by atoms with Gasteiger partial charge < -0.3 is 0 Å². The Morgan fingerprint density at radius 2 is 1.79 bits per heavy atom. The lowest BCUT2D eigenvalue weighted by atomic mass is 10.2. The summed E-state index contributed by atoms with van der Waals surface area (Å²) in [5.74, 6) is -0.271. The Labute approximate surface area is 188 Å². The number of carbonyl (C=O) groups is 1. The highest BCUT2D eigenvalue weighted by atomic mass is 32.1. The van der Waals surface area contributed by atoms with Crippen molar-refractivity contribution < 1.29 is 18.0 Å². The molecule has 1 aromatic carbocycles. The monoisotopic (exact) mass is 475 g/mol. The van der Waals surface area contributed by atoms with E-state index in [0.29, 0.717) is 22.6 Å². The molecule has 170 valence electrons. The third kappa shape index (κ3) is 4.16. The predicted molar refractivity (Wildman–Crippen MR) is 117 cm³/mol. The maximum atomic E-state index is 13.0. The molecule has 1 amide bonds. The molecular formula is C21H16F3N5O3S. The maximum Gasteiger partial charge on any atom is 0.433 e. The molecule has 0 fully saturated rings. The minimum atomic E-state index is -4.71. The smallest absolute Gasteiger partial charge is 0.280 e. The normalized spacial score (nSPS) is 11.7. The molecule has 0 bridgehead atoms. The Morgan fingerprint density at radius 3 is 2.42 bits per heavy atom. The highest BCUT2D eigenvalue weighted by molar-refractivity contribution is 7.14. The number of pyridine rings is 1. The standard InChI is InChI=1S/C21H16F3N5O3S/c1-12(30)29(14-6-4-3-5-7-14)19-25-13(11-33-19)10-28-18(31)15-8-9-16(21(22,23)24)26-17(15)27(2)20(28)32/h3-9,11H,10H2,1-2H3. The minimum Gasteiger partial charge on any atom is -0.280 e. The molecule has 0 aliphatic carbocycles. The first-order valence-electron chi connectivity index (χ1n) is 9.56. The number of amides is 1. The summed E-state index contributed by atoms with van der Waals surface area (Å²) in [6.07, 6.45) is -4.71. The van der Waals surface area contributed by atoms with Gasteiger partial charge in [0.25, 0.3) is 5.56 Å². The number of aryl methyl sites for hydroxylation is 1. The van der Waals surface area contributed by atoms with Gasteiger partial charge in [-0.1, -0.05) is 18.2 Å². The average Bonchev–Trinajstić information content (AvgIpc) is 3.22. The molecule has 4 aromatic rings. The van der Waals surface area contributed by atoms with E-state index in [9.17, 15) is 27.6 Å². The van der Waals surface area contributed by atoms with E-state index in [-0.39, 0.29) is 23.5 Å². The van der Waals surface area contributed by atoms with Crippen molar-refractivity contribution in [1.29, 1.82) is 0 Å². The second-order valence-electron chi connectivity index (χ2n) is 7.11. The average molecular weight is 475 g/mol. The van der Waals surface area contributed by atoms with Gasteiger partial charge in [0, 0.05) is 19.4 Å². The van der Waals surface area contributed by atoms with Crippen LogP contribution in [0.2, 0.25) is 0 Å². The lowest BCUT2D eigenvalue weighted by Gasteiger charge is -2.17. The van der Waals surface area contributed by atoms with Crippen molar-refractivity contribution in [3.05, 3.63) is 80.1 Å². The van der Waals surface area contributed by atoms with Crippen molar-refractivity contribution in [2.24, 2.45) is 7.05 Å². The Balaban J connectivity index is 1.75. The molecule has 4 rings (SSSR count). The molecule has 0 unspecified atom stereocenters.